The molecule has 2 aromatic rings. The lowest BCUT2D eigenvalue weighted by atomic mass is 10.1. The third-order valence-electron chi connectivity index (χ3n) is 3.46. The third kappa shape index (κ3) is 2.15. The second kappa shape index (κ2) is 4.90. The second-order valence-corrected chi connectivity index (χ2v) is 5.98. The summed E-state index contributed by atoms with van der Waals surface area (Å²) in [6.07, 6.45) is 5.25. The molecule has 0 aliphatic heterocycles. The first kappa shape index (κ1) is 13.6. The van der Waals surface area contributed by atoms with E-state index in [1.165, 1.54) is 24.0 Å². The Kier molecular flexibility index (Phi) is 3.34. The number of carbonyl (C=O) groups excluding carboxylic acids is 1. The molecule has 0 bridgehead atoms. The predicted octanol–water partition coefficient (Wildman–Crippen LogP) is 3.58. The predicted molar refractivity (Wildman–Crippen MR) is 78.4 cm³/mol. The van der Waals surface area contributed by atoms with Crippen molar-refractivity contribution in [3.8, 4) is 0 Å². The van der Waals surface area contributed by atoms with E-state index < -0.39 is 16.5 Å². The van der Waals surface area contributed by atoms with E-state index in [0.717, 1.165) is 12.8 Å². The van der Waals surface area contributed by atoms with Crippen LogP contribution in [0.2, 0.25) is 0 Å². The fourth-order valence-electron chi connectivity index (χ4n) is 2.30. The van der Waals surface area contributed by atoms with E-state index in [2.05, 4.69) is 0 Å². The van der Waals surface area contributed by atoms with Gasteiger partial charge in [0.15, 0.2) is 0 Å². The van der Waals surface area contributed by atoms with Gasteiger partial charge in [-0.25, -0.2) is 4.39 Å². The smallest absolute Gasteiger partial charge is 0.257 e. The van der Waals surface area contributed by atoms with Crippen molar-refractivity contribution >= 4 is 39.5 Å². The SMILES string of the molecule is CSc1cc2c(cc1F)c(=O)c(C(=O)Cl)cn2C1CC1. The normalized spacial score (nSPS) is 14.8. The number of halogens is 2. The van der Waals surface area contributed by atoms with Crippen molar-refractivity contribution < 1.29 is 9.18 Å². The molecule has 104 valence electrons. The molecule has 6 heteroatoms. The zero-order chi connectivity index (χ0) is 14.4. The Balaban J connectivity index is 2.42. The minimum absolute atomic E-state index is 0.0950. The van der Waals surface area contributed by atoms with Crippen molar-refractivity contribution in [2.75, 3.05) is 6.26 Å². The van der Waals surface area contributed by atoms with Gasteiger partial charge in [0.05, 0.1) is 11.1 Å². The highest BCUT2D eigenvalue weighted by Gasteiger charge is 2.27. The van der Waals surface area contributed by atoms with Crippen LogP contribution in [-0.2, 0) is 0 Å². The molecule has 1 heterocycles. The van der Waals surface area contributed by atoms with Gasteiger partial charge in [-0.3, -0.25) is 9.59 Å². The summed E-state index contributed by atoms with van der Waals surface area (Å²) in [6, 6.07) is 3.12. The first-order valence-corrected chi connectivity index (χ1v) is 7.75. The lowest BCUT2D eigenvalue weighted by Crippen LogP contribution is -2.17. The molecule has 1 fully saturated rings. The van der Waals surface area contributed by atoms with Crippen molar-refractivity contribution in [2.45, 2.75) is 23.8 Å². The molecule has 0 unspecified atom stereocenters. The molecule has 3 nitrogen and oxygen atoms in total. The molecule has 0 saturated heterocycles. The van der Waals surface area contributed by atoms with Gasteiger partial charge in [-0.1, -0.05) is 0 Å². The maximum absolute atomic E-state index is 13.9. The number of benzene rings is 1. The molecule has 1 aromatic carbocycles. The van der Waals surface area contributed by atoms with Gasteiger partial charge >= 0.3 is 0 Å². The summed E-state index contributed by atoms with van der Waals surface area (Å²) >= 11 is 6.74. The van der Waals surface area contributed by atoms with Gasteiger partial charge in [-0.2, -0.15) is 0 Å². The molecular formula is C14H11ClFNO2S. The van der Waals surface area contributed by atoms with Crippen LogP contribution < -0.4 is 5.43 Å². The number of thioether (sulfide) groups is 1. The van der Waals surface area contributed by atoms with Crippen LogP contribution >= 0.6 is 23.4 Å². The quantitative estimate of drug-likeness (QED) is 0.642. The van der Waals surface area contributed by atoms with Gasteiger partial charge in [0, 0.05) is 22.5 Å². The van der Waals surface area contributed by atoms with Crippen LogP contribution in [0.15, 0.2) is 28.0 Å². The molecule has 0 atom stereocenters. The zero-order valence-electron chi connectivity index (χ0n) is 10.7. The fraction of sp³-hybridized carbons (Fsp3) is 0.286. The average Bonchev–Trinajstić information content (AvgIpc) is 3.23. The Morgan fingerprint density at radius 1 is 1.45 bits per heavy atom. The Morgan fingerprint density at radius 2 is 2.15 bits per heavy atom. The van der Waals surface area contributed by atoms with Crippen molar-refractivity contribution in [2.24, 2.45) is 0 Å². The number of aromatic nitrogens is 1. The third-order valence-corrected chi connectivity index (χ3v) is 4.41. The first-order chi connectivity index (χ1) is 9.52. The molecule has 0 N–H and O–H groups in total. The molecule has 3 rings (SSSR count). The van der Waals surface area contributed by atoms with Crippen LogP contribution in [0.25, 0.3) is 10.9 Å². The Bertz CT molecular complexity index is 783. The van der Waals surface area contributed by atoms with E-state index in [1.54, 1.807) is 12.3 Å². The number of hydrogen-bond donors (Lipinski definition) is 0. The maximum Gasteiger partial charge on any atom is 0.257 e. The summed E-state index contributed by atoms with van der Waals surface area (Å²) in [5.74, 6) is -0.455. The molecule has 0 radical (unpaired) electrons. The van der Waals surface area contributed by atoms with Crippen LogP contribution in [0.5, 0.6) is 0 Å². The first-order valence-electron chi connectivity index (χ1n) is 6.15. The van der Waals surface area contributed by atoms with E-state index in [9.17, 15) is 14.0 Å². The summed E-state index contributed by atoms with van der Waals surface area (Å²) in [4.78, 5) is 24.1. The highest BCUT2D eigenvalue weighted by Crippen LogP contribution is 2.38. The molecule has 0 amide bonds. The Labute approximate surface area is 123 Å². The average molecular weight is 312 g/mol. The highest BCUT2D eigenvalue weighted by molar-refractivity contribution is 7.98. The summed E-state index contributed by atoms with van der Waals surface area (Å²) in [5.41, 5.74) is 0.0516. The molecular weight excluding hydrogens is 301 g/mol. The molecule has 1 saturated carbocycles. The van der Waals surface area contributed by atoms with Crippen LogP contribution in [-0.4, -0.2) is 16.1 Å². The number of rotatable bonds is 3. The van der Waals surface area contributed by atoms with Crippen LogP contribution in [0.3, 0.4) is 0 Å². The van der Waals surface area contributed by atoms with Gasteiger partial charge < -0.3 is 4.57 Å². The van der Waals surface area contributed by atoms with Crippen LogP contribution in [0, 0.1) is 5.82 Å². The van der Waals surface area contributed by atoms with E-state index in [0.29, 0.717) is 10.4 Å². The topological polar surface area (TPSA) is 39.1 Å². The summed E-state index contributed by atoms with van der Waals surface area (Å²) in [7, 11) is 0. The van der Waals surface area contributed by atoms with E-state index in [-0.39, 0.29) is 17.0 Å². The van der Waals surface area contributed by atoms with Crippen LogP contribution in [0.4, 0.5) is 4.39 Å². The van der Waals surface area contributed by atoms with Gasteiger partial charge in [-0.05, 0) is 42.8 Å². The lowest BCUT2D eigenvalue weighted by molar-refractivity contribution is 0.108. The van der Waals surface area contributed by atoms with Crippen molar-refractivity contribution in [1.82, 2.24) is 4.57 Å². The van der Waals surface area contributed by atoms with Crippen molar-refractivity contribution in [3.05, 3.63) is 39.9 Å². The summed E-state index contributed by atoms with van der Waals surface area (Å²) in [5, 5.41) is -0.598. The molecule has 0 spiro atoms. The zero-order valence-corrected chi connectivity index (χ0v) is 12.2. The van der Waals surface area contributed by atoms with Gasteiger partial charge in [0.1, 0.15) is 5.82 Å². The lowest BCUT2D eigenvalue weighted by Gasteiger charge is -2.12. The number of carbonyl (C=O) groups is 1. The second-order valence-electron chi connectivity index (χ2n) is 4.79. The summed E-state index contributed by atoms with van der Waals surface area (Å²) < 4.78 is 15.8. The van der Waals surface area contributed by atoms with Gasteiger partial charge in [0.2, 0.25) is 5.43 Å². The van der Waals surface area contributed by atoms with Crippen molar-refractivity contribution in [1.29, 1.82) is 0 Å². The van der Waals surface area contributed by atoms with Gasteiger partial charge in [-0.15, -0.1) is 11.8 Å². The molecule has 1 aromatic heterocycles. The monoisotopic (exact) mass is 311 g/mol. The van der Waals surface area contributed by atoms with Crippen LogP contribution in [0.1, 0.15) is 29.2 Å². The Morgan fingerprint density at radius 3 is 2.70 bits per heavy atom. The largest absolute Gasteiger partial charge is 0.343 e. The number of fused-ring (bicyclic) bond motifs is 1. The van der Waals surface area contributed by atoms with Gasteiger partial charge in [0.25, 0.3) is 5.24 Å². The molecule has 1 aliphatic carbocycles. The number of hydrogen-bond acceptors (Lipinski definition) is 3. The highest BCUT2D eigenvalue weighted by atomic mass is 35.5. The molecule has 1 aliphatic rings. The Hall–Kier alpha value is -1.33. The van der Waals surface area contributed by atoms with E-state index in [1.807, 2.05) is 4.57 Å². The number of nitrogens with zero attached hydrogens (tertiary/aromatic N) is 1. The van der Waals surface area contributed by atoms with E-state index >= 15 is 0 Å². The molecule has 20 heavy (non-hydrogen) atoms. The standard InChI is InChI=1S/C14H11ClFNO2S/c1-20-12-5-11-8(4-10(12)16)13(18)9(14(15)19)6-17(11)7-2-3-7/h4-7H,2-3H2,1H3. The summed E-state index contributed by atoms with van der Waals surface area (Å²) in [6.45, 7) is 0. The fourth-order valence-corrected chi connectivity index (χ4v) is 2.92. The maximum atomic E-state index is 13.9. The van der Waals surface area contributed by atoms with E-state index in [4.69, 9.17) is 11.6 Å². The van der Waals surface area contributed by atoms with Crippen molar-refractivity contribution in [3.63, 3.8) is 0 Å². The minimum atomic E-state index is -0.805. The minimum Gasteiger partial charge on any atom is -0.343 e. The number of pyridine rings is 1.